The first-order valence-electron chi connectivity index (χ1n) is 6.92. The summed E-state index contributed by atoms with van der Waals surface area (Å²) in [6.07, 6.45) is 3.31. The number of thioether (sulfide) groups is 1. The van der Waals surface area contributed by atoms with E-state index in [1.807, 2.05) is 18.2 Å². The van der Waals surface area contributed by atoms with Crippen LogP contribution in [-0.2, 0) is 6.42 Å². The molecule has 0 saturated carbocycles. The lowest BCUT2D eigenvalue weighted by molar-refractivity contribution is 0.631. The third-order valence-electron chi connectivity index (χ3n) is 3.14. The molecule has 2 N–H and O–H groups in total. The molecule has 0 aliphatic heterocycles. The largest absolute Gasteiger partial charge is 0.327 e. The van der Waals surface area contributed by atoms with Gasteiger partial charge in [-0.15, -0.1) is 11.8 Å². The third-order valence-corrected chi connectivity index (χ3v) is 4.56. The lowest BCUT2D eigenvalue weighted by Gasteiger charge is -2.11. The van der Waals surface area contributed by atoms with E-state index in [0.29, 0.717) is 0 Å². The Morgan fingerprint density at radius 3 is 2.60 bits per heavy atom. The van der Waals surface area contributed by atoms with Gasteiger partial charge in [0.25, 0.3) is 0 Å². The second-order valence-electron chi connectivity index (χ2n) is 4.91. The number of nitrogens with two attached hydrogens (primary N) is 1. The molecule has 0 saturated heterocycles. The quantitative estimate of drug-likeness (QED) is 0.745. The van der Waals surface area contributed by atoms with E-state index in [-0.39, 0.29) is 6.04 Å². The molecule has 20 heavy (non-hydrogen) atoms. The number of aryl methyl sites for hydroxylation is 1. The molecule has 0 aliphatic carbocycles. The zero-order valence-electron chi connectivity index (χ0n) is 11.5. The Bertz CT molecular complexity index is 515. The molecule has 0 fully saturated rings. The topological polar surface area (TPSA) is 26.0 Å². The van der Waals surface area contributed by atoms with Gasteiger partial charge in [-0.2, -0.15) is 0 Å². The van der Waals surface area contributed by atoms with Crippen LogP contribution in [0.1, 0.15) is 18.4 Å². The van der Waals surface area contributed by atoms with Crippen molar-refractivity contribution in [2.24, 2.45) is 5.73 Å². The molecule has 0 heterocycles. The van der Waals surface area contributed by atoms with Crippen LogP contribution in [0.25, 0.3) is 0 Å². The number of rotatable bonds is 7. The van der Waals surface area contributed by atoms with Crippen molar-refractivity contribution in [2.75, 3.05) is 5.75 Å². The molecule has 1 atom stereocenters. The zero-order chi connectivity index (χ0) is 14.2. The molecule has 0 amide bonds. The lowest BCUT2D eigenvalue weighted by Crippen LogP contribution is -2.22. The standard InChI is InChI=1S/C17H20ClNS/c18-15-9-5-11-17(12-15)20-13-16(19)10-4-8-14-6-2-1-3-7-14/h1-3,5-7,9,11-12,16H,4,8,10,13,19H2. The summed E-state index contributed by atoms with van der Waals surface area (Å²) in [4.78, 5) is 1.19. The molecule has 2 aromatic carbocycles. The normalized spacial score (nSPS) is 12.3. The Balaban J connectivity index is 1.67. The number of hydrogen-bond acceptors (Lipinski definition) is 2. The fourth-order valence-corrected chi connectivity index (χ4v) is 3.27. The van der Waals surface area contributed by atoms with E-state index in [0.717, 1.165) is 30.0 Å². The Kier molecular flexibility index (Phi) is 6.44. The molecule has 2 aromatic rings. The van der Waals surface area contributed by atoms with Crippen molar-refractivity contribution in [2.45, 2.75) is 30.2 Å². The first-order chi connectivity index (χ1) is 9.74. The summed E-state index contributed by atoms with van der Waals surface area (Å²) in [6.45, 7) is 0. The highest BCUT2D eigenvalue weighted by molar-refractivity contribution is 7.99. The van der Waals surface area contributed by atoms with Gasteiger partial charge in [0.15, 0.2) is 0 Å². The van der Waals surface area contributed by atoms with E-state index in [1.54, 1.807) is 11.8 Å². The number of hydrogen-bond donors (Lipinski definition) is 1. The predicted molar refractivity (Wildman–Crippen MR) is 89.5 cm³/mol. The Hall–Kier alpha value is -0.960. The highest BCUT2D eigenvalue weighted by Gasteiger charge is 2.04. The molecular formula is C17H20ClNS. The summed E-state index contributed by atoms with van der Waals surface area (Å²) in [7, 11) is 0. The predicted octanol–water partition coefficient (Wildman–Crippen LogP) is 4.78. The van der Waals surface area contributed by atoms with E-state index in [4.69, 9.17) is 17.3 Å². The molecule has 1 nitrogen and oxygen atoms in total. The van der Waals surface area contributed by atoms with Gasteiger partial charge in [-0.3, -0.25) is 0 Å². The van der Waals surface area contributed by atoms with Crippen LogP contribution >= 0.6 is 23.4 Å². The van der Waals surface area contributed by atoms with Gasteiger partial charge >= 0.3 is 0 Å². The van der Waals surface area contributed by atoms with E-state index in [9.17, 15) is 0 Å². The van der Waals surface area contributed by atoms with Gasteiger partial charge in [0.2, 0.25) is 0 Å². The molecule has 2 rings (SSSR count). The van der Waals surface area contributed by atoms with Crippen LogP contribution in [0.2, 0.25) is 5.02 Å². The monoisotopic (exact) mass is 305 g/mol. The minimum absolute atomic E-state index is 0.239. The molecule has 0 aromatic heterocycles. The van der Waals surface area contributed by atoms with Crippen LogP contribution in [0, 0.1) is 0 Å². The van der Waals surface area contributed by atoms with Crippen molar-refractivity contribution >= 4 is 23.4 Å². The number of benzene rings is 2. The van der Waals surface area contributed by atoms with E-state index in [2.05, 4.69) is 36.4 Å². The minimum atomic E-state index is 0.239. The molecular weight excluding hydrogens is 286 g/mol. The molecule has 1 unspecified atom stereocenters. The van der Waals surface area contributed by atoms with Crippen LogP contribution in [0.15, 0.2) is 59.5 Å². The van der Waals surface area contributed by atoms with Gasteiger partial charge in [0.05, 0.1) is 0 Å². The summed E-state index contributed by atoms with van der Waals surface area (Å²) in [5, 5.41) is 0.785. The Morgan fingerprint density at radius 2 is 1.85 bits per heavy atom. The van der Waals surface area contributed by atoms with E-state index >= 15 is 0 Å². The summed E-state index contributed by atoms with van der Waals surface area (Å²) >= 11 is 7.75. The van der Waals surface area contributed by atoms with Crippen LogP contribution < -0.4 is 5.73 Å². The first kappa shape index (κ1) is 15.4. The van der Waals surface area contributed by atoms with E-state index in [1.165, 1.54) is 10.5 Å². The second-order valence-corrected chi connectivity index (χ2v) is 6.44. The minimum Gasteiger partial charge on any atom is -0.327 e. The fraction of sp³-hybridized carbons (Fsp3) is 0.294. The van der Waals surface area contributed by atoms with Gasteiger partial charge in [-0.25, -0.2) is 0 Å². The smallest absolute Gasteiger partial charge is 0.0417 e. The van der Waals surface area contributed by atoms with Crippen molar-refractivity contribution in [3.8, 4) is 0 Å². The van der Waals surface area contributed by atoms with Crippen LogP contribution in [0.4, 0.5) is 0 Å². The maximum Gasteiger partial charge on any atom is 0.0417 e. The summed E-state index contributed by atoms with van der Waals surface area (Å²) in [6, 6.07) is 18.7. The summed E-state index contributed by atoms with van der Waals surface area (Å²) in [5.41, 5.74) is 7.56. The zero-order valence-corrected chi connectivity index (χ0v) is 13.0. The Morgan fingerprint density at radius 1 is 1.05 bits per heavy atom. The SMILES string of the molecule is NC(CCCc1ccccc1)CSc1cccc(Cl)c1. The molecule has 0 radical (unpaired) electrons. The molecule has 106 valence electrons. The maximum atomic E-state index is 6.17. The second kappa shape index (κ2) is 8.35. The van der Waals surface area contributed by atoms with Gasteiger partial charge in [-0.05, 0) is 43.0 Å². The average Bonchev–Trinajstić information content (AvgIpc) is 2.46. The highest BCUT2D eigenvalue weighted by atomic mass is 35.5. The van der Waals surface area contributed by atoms with Crippen molar-refractivity contribution in [3.63, 3.8) is 0 Å². The van der Waals surface area contributed by atoms with Crippen molar-refractivity contribution in [3.05, 3.63) is 65.2 Å². The van der Waals surface area contributed by atoms with Gasteiger partial charge < -0.3 is 5.73 Å². The number of halogens is 1. The fourth-order valence-electron chi connectivity index (χ4n) is 2.06. The van der Waals surface area contributed by atoms with Crippen LogP contribution in [0.3, 0.4) is 0 Å². The molecule has 0 spiro atoms. The van der Waals surface area contributed by atoms with E-state index < -0.39 is 0 Å². The molecule has 0 aliphatic rings. The maximum absolute atomic E-state index is 6.17. The van der Waals surface area contributed by atoms with Gasteiger partial charge in [-0.1, -0.05) is 48.0 Å². The highest BCUT2D eigenvalue weighted by Crippen LogP contribution is 2.22. The van der Waals surface area contributed by atoms with Crippen molar-refractivity contribution in [1.82, 2.24) is 0 Å². The van der Waals surface area contributed by atoms with Crippen LogP contribution in [0.5, 0.6) is 0 Å². The van der Waals surface area contributed by atoms with Crippen molar-refractivity contribution in [1.29, 1.82) is 0 Å². The molecule has 0 bridgehead atoms. The van der Waals surface area contributed by atoms with Crippen LogP contribution in [-0.4, -0.2) is 11.8 Å². The molecule has 3 heteroatoms. The summed E-state index contributed by atoms with van der Waals surface area (Å²) in [5.74, 6) is 0.940. The first-order valence-corrected chi connectivity index (χ1v) is 8.28. The van der Waals surface area contributed by atoms with Crippen molar-refractivity contribution < 1.29 is 0 Å². The van der Waals surface area contributed by atoms with Gasteiger partial charge in [0, 0.05) is 21.7 Å². The third kappa shape index (κ3) is 5.58. The summed E-state index contributed by atoms with van der Waals surface area (Å²) < 4.78 is 0. The average molecular weight is 306 g/mol. The lowest BCUT2D eigenvalue weighted by atomic mass is 10.1. The van der Waals surface area contributed by atoms with Gasteiger partial charge in [0.1, 0.15) is 0 Å². The Labute approximate surface area is 130 Å².